The van der Waals surface area contributed by atoms with E-state index in [1.54, 1.807) is 74.5 Å². The summed E-state index contributed by atoms with van der Waals surface area (Å²) in [5.74, 6) is -12.3. The lowest BCUT2D eigenvalue weighted by Gasteiger charge is -2.33. The summed E-state index contributed by atoms with van der Waals surface area (Å²) in [4.78, 5) is 170. The Balaban J connectivity index is 1.55. The number of aliphatic hydroxyl groups excluding tert-OH is 6. The number of carbonyl (C=O) groups is 12. The molecular formula is C63H90N12O18. The molecular weight excluding hydrogens is 1210 g/mol. The highest BCUT2D eigenvalue weighted by atomic mass is 16.3. The van der Waals surface area contributed by atoms with Crippen molar-refractivity contribution >= 4 is 70.9 Å². The van der Waals surface area contributed by atoms with E-state index >= 15 is 0 Å². The normalized spacial score (nSPS) is 26.6. The van der Waals surface area contributed by atoms with Crippen molar-refractivity contribution < 1.29 is 88.2 Å². The minimum Gasteiger partial charge on any atom is -0.394 e. The molecule has 5 rings (SSSR count). The first-order valence-electron chi connectivity index (χ1n) is 31.2. The van der Waals surface area contributed by atoms with Gasteiger partial charge in [0.05, 0.1) is 43.6 Å². The van der Waals surface area contributed by atoms with Crippen LogP contribution < -0.4 is 53.6 Å². The van der Waals surface area contributed by atoms with Crippen molar-refractivity contribution in [2.45, 2.75) is 191 Å². The van der Waals surface area contributed by atoms with Gasteiger partial charge >= 0.3 is 0 Å². The van der Waals surface area contributed by atoms with E-state index in [1.165, 1.54) is 19.9 Å². The first-order valence-corrected chi connectivity index (χ1v) is 31.2. The molecule has 2 aromatic rings. The van der Waals surface area contributed by atoms with Crippen LogP contribution in [0.4, 0.5) is 0 Å². The summed E-state index contributed by atoms with van der Waals surface area (Å²) >= 11 is 0. The summed E-state index contributed by atoms with van der Waals surface area (Å²) in [7, 11) is 0. The van der Waals surface area contributed by atoms with Crippen LogP contribution in [0.15, 0.2) is 84.2 Å². The topological polar surface area (TPSA) is 467 Å². The fourth-order valence-electron chi connectivity index (χ4n) is 11.1. The van der Waals surface area contributed by atoms with E-state index < -0.39 is 200 Å². The van der Waals surface area contributed by atoms with Gasteiger partial charge in [-0.2, -0.15) is 0 Å². The highest BCUT2D eigenvalue weighted by Crippen LogP contribution is 2.23. The van der Waals surface area contributed by atoms with Gasteiger partial charge in [0.2, 0.25) is 53.2 Å². The third-order valence-electron chi connectivity index (χ3n) is 16.1. The number of hydrogen-bond donors (Lipinski definition) is 16. The van der Waals surface area contributed by atoms with E-state index in [0.29, 0.717) is 12.0 Å². The molecule has 3 aliphatic heterocycles. The van der Waals surface area contributed by atoms with Crippen LogP contribution in [-0.4, -0.2) is 216 Å². The van der Waals surface area contributed by atoms with Crippen LogP contribution in [0, 0.1) is 5.92 Å². The van der Waals surface area contributed by atoms with E-state index in [1.807, 2.05) is 0 Å². The third-order valence-corrected chi connectivity index (χ3v) is 16.1. The van der Waals surface area contributed by atoms with Gasteiger partial charge in [-0.25, -0.2) is 0 Å². The monoisotopic (exact) mass is 1300 g/mol. The van der Waals surface area contributed by atoms with Crippen molar-refractivity contribution in [1.29, 1.82) is 0 Å². The SMILES string of the molecule is CC=C1NC(=O)C(CO)NC(=O)C(=CC)NC(=O)C(Cc2ccccc2)NC(=O)C2CCCN2C(=O)CNC(=O)C(CCC(N)=O)NC(=O)C(O)C(CC(O)CC(O)C(O)CC(C)C)NC(=O)C2CCCN2C(=O)C(CCc2ccccc2)NC(=O)C(C(C)O)NC1=O. The lowest BCUT2D eigenvalue weighted by molar-refractivity contribution is -0.143. The van der Waals surface area contributed by atoms with Crippen molar-refractivity contribution in [2.24, 2.45) is 11.7 Å². The number of carbonyl (C=O) groups excluding carboxylic acids is 12. The number of rotatable bonds is 17. The molecule has 30 nitrogen and oxygen atoms in total. The van der Waals surface area contributed by atoms with Crippen LogP contribution in [0.3, 0.4) is 0 Å². The first-order chi connectivity index (χ1) is 44.2. The Morgan fingerprint density at radius 1 is 0.602 bits per heavy atom. The van der Waals surface area contributed by atoms with Crippen LogP contribution in [0.2, 0.25) is 0 Å². The summed E-state index contributed by atoms with van der Waals surface area (Å²) in [5.41, 5.74) is 5.73. The largest absolute Gasteiger partial charge is 0.394 e. The molecule has 12 amide bonds. The van der Waals surface area contributed by atoms with Gasteiger partial charge in [0.25, 0.3) is 17.7 Å². The van der Waals surface area contributed by atoms with Gasteiger partial charge in [-0.1, -0.05) is 86.7 Å². The van der Waals surface area contributed by atoms with E-state index in [4.69, 9.17) is 5.73 Å². The molecule has 0 aliphatic carbocycles. The van der Waals surface area contributed by atoms with E-state index in [2.05, 4.69) is 47.9 Å². The molecule has 0 spiro atoms. The second kappa shape index (κ2) is 36.5. The minimum atomic E-state index is -2.35. The molecule has 17 N–H and O–H groups in total. The van der Waals surface area contributed by atoms with Crippen LogP contribution in [-0.2, 0) is 70.4 Å². The summed E-state index contributed by atoms with van der Waals surface area (Å²) in [5, 5.41) is 88.0. The Bertz CT molecular complexity index is 3020. The van der Waals surface area contributed by atoms with Crippen LogP contribution in [0.25, 0.3) is 0 Å². The lowest BCUT2D eigenvalue weighted by Crippen LogP contribution is -2.61. The number of aryl methyl sites for hydroxylation is 1. The third kappa shape index (κ3) is 22.5. The molecule has 2 aromatic carbocycles. The van der Waals surface area contributed by atoms with Gasteiger partial charge in [0.15, 0.2) is 6.10 Å². The molecule has 0 radical (unpaired) electrons. The van der Waals surface area contributed by atoms with Gasteiger partial charge in [-0.15, -0.1) is 0 Å². The van der Waals surface area contributed by atoms with Crippen LogP contribution in [0.5, 0.6) is 0 Å². The fourth-order valence-corrected chi connectivity index (χ4v) is 11.1. The average molecular weight is 1300 g/mol. The number of amides is 12. The smallest absolute Gasteiger partial charge is 0.268 e. The second-order valence-electron chi connectivity index (χ2n) is 23.8. The van der Waals surface area contributed by atoms with Crippen molar-refractivity contribution in [3.8, 4) is 0 Å². The molecule has 3 saturated heterocycles. The summed E-state index contributed by atoms with van der Waals surface area (Å²) in [6, 6.07) is 4.50. The minimum absolute atomic E-state index is 0.00627. The number of benzene rings is 2. The number of aliphatic hydroxyl groups is 6. The number of allylic oxidation sites excluding steroid dienone is 2. The Labute approximate surface area is 538 Å². The van der Waals surface area contributed by atoms with Gasteiger partial charge < -0.3 is 94.0 Å². The molecule has 3 aliphatic rings. The zero-order valence-corrected chi connectivity index (χ0v) is 52.9. The molecule has 0 aromatic heterocycles. The summed E-state index contributed by atoms with van der Waals surface area (Å²) in [6.45, 7) is 5.50. The average Bonchev–Trinajstić information content (AvgIpc) is 1.86. The molecule has 0 bridgehead atoms. The predicted molar refractivity (Wildman–Crippen MR) is 333 cm³/mol. The fraction of sp³-hybridized carbons (Fsp3) is 0.556. The number of nitrogens with two attached hydrogens (primary N) is 1. The Hall–Kier alpha value is -8.68. The van der Waals surface area contributed by atoms with Crippen molar-refractivity contribution in [3.05, 3.63) is 95.3 Å². The maximum absolute atomic E-state index is 14.9. The lowest BCUT2D eigenvalue weighted by atomic mass is 9.94. The highest BCUT2D eigenvalue weighted by Gasteiger charge is 2.43. The van der Waals surface area contributed by atoms with Gasteiger partial charge in [0.1, 0.15) is 53.7 Å². The van der Waals surface area contributed by atoms with Crippen molar-refractivity contribution in [1.82, 2.24) is 57.7 Å². The first kappa shape index (κ1) is 75.0. The van der Waals surface area contributed by atoms with Crippen molar-refractivity contribution in [2.75, 3.05) is 26.2 Å². The summed E-state index contributed by atoms with van der Waals surface area (Å²) < 4.78 is 0. The zero-order valence-electron chi connectivity index (χ0n) is 52.9. The van der Waals surface area contributed by atoms with Crippen molar-refractivity contribution in [3.63, 3.8) is 0 Å². The maximum Gasteiger partial charge on any atom is 0.268 e. The highest BCUT2D eigenvalue weighted by molar-refractivity contribution is 6.04. The van der Waals surface area contributed by atoms with E-state index in [9.17, 15) is 88.2 Å². The second-order valence-corrected chi connectivity index (χ2v) is 23.8. The Morgan fingerprint density at radius 3 is 1.70 bits per heavy atom. The number of nitrogens with one attached hydrogen (secondary N) is 9. The number of primary amides is 1. The predicted octanol–water partition coefficient (Wildman–Crippen LogP) is -4.17. The maximum atomic E-state index is 14.9. The van der Waals surface area contributed by atoms with Gasteiger partial charge in [0, 0.05) is 32.4 Å². The molecule has 510 valence electrons. The van der Waals surface area contributed by atoms with E-state index in [0.717, 1.165) is 28.4 Å². The Kier molecular flexibility index (Phi) is 29.5. The zero-order chi connectivity index (χ0) is 68.6. The molecule has 3 fully saturated rings. The number of hydrogen-bond acceptors (Lipinski definition) is 18. The number of fused-ring (bicyclic) bond motifs is 2. The molecule has 3 heterocycles. The van der Waals surface area contributed by atoms with Gasteiger partial charge in [-0.05, 0) is 95.6 Å². The molecule has 13 atom stereocenters. The van der Waals surface area contributed by atoms with Gasteiger partial charge in [-0.3, -0.25) is 57.5 Å². The molecule has 93 heavy (non-hydrogen) atoms. The summed E-state index contributed by atoms with van der Waals surface area (Å²) in [6.07, 6.45) is -7.88. The molecule has 30 heteroatoms. The Morgan fingerprint density at radius 2 is 1.13 bits per heavy atom. The quantitative estimate of drug-likeness (QED) is 0.0668. The van der Waals surface area contributed by atoms with E-state index in [-0.39, 0.29) is 64.0 Å². The van der Waals surface area contributed by atoms with Crippen LogP contribution in [0.1, 0.15) is 110 Å². The van der Waals surface area contributed by atoms with Crippen LogP contribution >= 0.6 is 0 Å². The molecule has 13 unspecified atom stereocenters. The molecule has 0 saturated carbocycles. The standard InChI is InChI=1S/C63H90N12O18/c1-6-39-55(85)72-45(33-76)58(88)67-40(7-2)56(86)73-52(35(5)77)61(91)69-42(23-22-36-16-10-8-11-17-36)63(93)75-27-15-21-47(75)60(90)70-43(30-38(78)31-49(80)48(79)28-34(3)4)53(83)62(92)68-41(24-25-50(64)81)54(84)65-32-51(82)74-26-14-20-46(74)59(89)71-44(57(87)66-39)29-37-18-12-9-13-19-37/h6-13,16-19,34-35,38,41-49,52-53,76-80,83H,14-15,20-33H2,1-5H3,(H2,64,81)(H,65,84)(H,66,87)(H,67,88)(H,68,92)(H,69,91)(H,70,90)(H,71,89)(H,72,85)(H,73,86). The number of nitrogens with zero attached hydrogens (tertiary/aromatic N) is 2.